The van der Waals surface area contributed by atoms with Crippen LogP contribution in [0.1, 0.15) is 42.0 Å². The van der Waals surface area contributed by atoms with Gasteiger partial charge in [-0.3, -0.25) is 5.43 Å². The molecule has 4 rings (SSSR count). The molecule has 0 amide bonds. The maximum Gasteiger partial charge on any atom is 0.154 e. The van der Waals surface area contributed by atoms with Gasteiger partial charge in [0.1, 0.15) is 11.5 Å². The van der Waals surface area contributed by atoms with Crippen molar-refractivity contribution in [3.8, 4) is 5.75 Å². The Bertz CT molecular complexity index is 1090. The molecule has 152 valence electrons. The average molecular weight is 418 g/mol. The molecule has 0 unspecified atom stereocenters. The van der Waals surface area contributed by atoms with Gasteiger partial charge in [-0.05, 0) is 55.8 Å². The van der Waals surface area contributed by atoms with Crippen molar-refractivity contribution < 1.29 is 4.74 Å². The van der Waals surface area contributed by atoms with Crippen LogP contribution in [0.2, 0.25) is 5.02 Å². The van der Waals surface area contributed by atoms with Gasteiger partial charge in [0, 0.05) is 21.7 Å². The van der Waals surface area contributed by atoms with Crippen molar-refractivity contribution in [3.63, 3.8) is 0 Å². The van der Waals surface area contributed by atoms with Gasteiger partial charge in [-0.15, -0.1) is 0 Å². The monoisotopic (exact) mass is 417 g/mol. The van der Waals surface area contributed by atoms with Crippen LogP contribution in [-0.4, -0.2) is 18.2 Å². The number of fused-ring (bicyclic) bond motifs is 1. The van der Waals surface area contributed by atoms with Crippen LogP contribution < -0.4 is 10.2 Å². The summed E-state index contributed by atoms with van der Waals surface area (Å²) in [5, 5.41) is 5.35. The van der Waals surface area contributed by atoms with Gasteiger partial charge in [-0.25, -0.2) is 4.99 Å². The topological polar surface area (TPSA) is 46.0 Å². The third-order valence-corrected chi connectivity index (χ3v) is 5.17. The molecule has 1 aliphatic rings. The first kappa shape index (κ1) is 20.2. The first-order chi connectivity index (χ1) is 14.6. The molecule has 0 saturated heterocycles. The van der Waals surface area contributed by atoms with Crippen LogP contribution in [0.3, 0.4) is 0 Å². The summed E-state index contributed by atoms with van der Waals surface area (Å²) in [5.74, 6) is 1.56. The van der Waals surface area contributed by atoms with Crippen LogP contribution in [0.4, 0.5) is 5.69 Å². The van der Waals surface area contributed by atoms with Crippen LogP contribution in [0, 0.1) is 6.92 Å². The molecule has 1 heterocycles. The Morgan fingerprint density at radius 1 is 0.933 bits per heavy atom. The Hall–Kier alpha value is -3.11. The number of amidine groups is 1. The van der Waals surface area contributed by atoms with E-state index in [1.54, 1.807) is 0 Å². The highest BCUT2D eigenvalue weighted by atomic mass is 35.5. The van der Waals surface area contributed by atoms with E-state index in [1.165, 1.54) is 5.56 Å². The Balaban J connectivity index is 1.69. The smallest absolute Gasteiger partial charge is 0.154 e. The fraction of sp³-hybridized carbons (Fsp3) is 0.200. The summed E-state index contributed by atoms with van der Waals surface area (Å²) in [7, 11) is 0. The van der Waals surface area contributed by atoms with E-state index in [2.05, 4.69) is 31.4 Å². The number of aliphatic imine (C=N–C) groups is 1. The van der Waals surface area contributed by atoms with Gasteiger partial charge in [-0.2, -0.15) is 5.10 Å². The highest BCUT2D eigenvalue weighted by Crippen LogP contribution is 2.29. The van der Waals surface area contributed by atoms with Gasteiger partial charge >= 0.3 is 0 Å². The molecular formula is C25H24ClN3O. The van der Waals surface area contributed by atoms with E-state index in [1.807, 2.05) is 54.6 Å². The van der Waals surface area contributed by atoms with E-state index in [4.69, 9.17) is 26.4 Å². The predicted octanol–water partition coefficient (Wildman–Crippen LogP) is 6.26. The summed E-state index contributed by atoms with van der Waals surface area (Å²) in [4.78, 5) is 4.83. The van der Waals surface area contributed by atoms with Crippen LogP contribution in [-0.2, 0) is 0 Å². The second-order valence-electron chi connectivity index (χ2n) is 7.29. The summed E-state index contributed by atoms with van der Waals surface area (Å²) in [5.41, 5.74) is 8.79. The summed E-state index contributed by atoms with van der Waals surface area (Å²) >= 11 is 6.31. The molecule has 0 atom stereocenters. The lowest BCUT2D eigenvalue weighted by molar-refractivity contribution is 0.309. The van der Waals surface area contributed by atoms with E-state index >= 15 is 0 Å². The molecule has 0 saturated carbocycles. The van der Waals surface area contributed by atoms with Crippen molar-refractivity contribution in [2.45, 2.75) is 26.7 Å². The lowest BCUT2D eigenvalue weighted by atomic mass is 10.0. The van der Waals surface area contributed by atoms with Crippen molar-refractivity contribution in [3.05, 3.63) is 94.0 Å². The Labute approximate surface area is 182 Å². The minimum atomic E-state index is 0.648. The van der Waals surface area contributed by atoms with Crippen LogP contribution in [0.5, 0.6) is 5.75 Å². The molecule has 0 spiro atoms. The number of nitrogens with zero attached hydrogens (tertiary/aromatic N) is 2. The normalized spacial score (nSPS) is 12.9. The van der Waals surface area contributed by atoms with Crippen LogP contribution >= 0.6 is 11.6 Å². The van der Waals surface area contributed by atoms with Gasteiger partial charge in [0.2, 0.25) is 0 Å². The maximum atomic E-state index is 6.31. The second kappa shape index (κ2) is 9.14. The lowest BCUT2D eigenvalue weighted by Crippen LogP contribution is -2.19. The number of aryl methyl sites for hydroxylation is 1. The lowest BCUT2D eigenvalue weighted by Gasteiger charge is -2.10. The van der Waals surface area contributed by atoms with Gasteiger partial charge < -0.3 is 4.74 Å². The average Bonchev–Trinajstić information content (AvgIpc) is 2.94. The zero-order valence-corrected chi connectivity index (χ0v) is 17.9. The first-order valence-corrected chi connectivity index (χ1v) is 10.5. The highest BCUT2D eigenvalue weighted by molar-refractivity contribution is 6.31. The fourth-order valence-corrected chi connectivity index (χ4v) is 3.39. The fourth-order valence-electron chi connectivity index (χ4n) is 3.21. The predicted molar refractivity (Wildman–Crippen MR) is 124 cm³/mol. The van der Waals surface area contributed by atoms with E-state index < -0.39 is 0 Å². The molecule has 0 aromatic heterocycles. The van der Waals surface area contributed by atoms with E-state index in [0.717, 1.165) is 53.3 Å². The van der Waals surface area contributed by atoms with Gasteiger partial charge in [-0.1, -0.05) is 54.8 Å². The minimum Gasteiger partial charge on any atom is -0.494 e. The number of rotatable bonds is 6. The number of halogens is 1. The number of hydrogen-bond donors (Lipinski definition) is 1. The standard InChI is InChI=1S/C25H24ClN3O/c1-3-4-15-30-21-12-9-18(10-13-21)24-22-16-20(26)11-14-23(22)27-25(29-28-24)19-7-5-17(2)6-8-19/h5-14,16H,3-4,15H2,1-2H3,(H,27,29). The number of hydrogen-bond acceptors (Lipinski definition) is 4. The number of ether oxygens (including phenoxy) is 1. The number of benzene rings is 3. The van der Waals surface area contributed by atoms with E-state index in [-0.39, 0.29) is 0 Å². The van der Waals surface area contributed by atoms with Crippen molar-refractivity contribution in [2.75, 3.05) is 6.61 Å². The zero-order chi connectivity index (χ0) is 20.9. The molecule has 30 heavy (non-hydrogen) atoms. The number of unbranched alkanes of at least 4 members (excludes halogenated alkanes) is 1. The molecule has 0 fully saturated rings. The number of hydrazone groups is 1. The summed E-state index contributed by atoms with van der Waals surface area (Å²) in [6, 6.07) is 21.9. The summed E-state index contributed by atoms with van der Waals surface area (Å²) in [6.07, 6.45) is 2.16. The quantitative estimate of drug-likeness (QED) is 0.481. The highest BCUT2D eigenvalue weighted by Gasteiger charge is 2.18. The van der Waals surface area contributed by atoms with Crippen molar-refractivity contribution in [1.29, 1.82) is 0 Å². The zero-order valence-electron chi connectivity index (χ0n) is 17.2. The van der Waals surface area contributed by atoms with Crippen LogP contribution in [0.25, 0.3) is 0 Å². The molecular weight excluding hydrogens is 394 g/mol. The Morgan fingerprint density at radius 3 is 2.40 bits per heavy atom. The molecule has 1 aliphatic heterocycles. The third kappa shape index (κ3) is 4.55. The molecule has 3 aromatic rings. The molecule has 5 heteroatoms. The molecule has 0 radical (unpaired) electrons. The Morgan fingerprint density at radius 2 is 1.67 bits per heavy atom. The maximum absolute atomic E-state index is 6.31. The summed E-state index contributed by atoms with van der Waals surface area (Å²) in [6.45, 7) is 4.94. The van der Waals surface area contributed by atoms with E-state index in [9.17, 15) is 0 Å². The minimum absolute atomic E-state index is 0.648. The molecule has 3 aromatic carbocycles. The van der Waals surface area contributed by atoms with Gasteiger partial charge in [0.25, 0.3) is 0 Å². The summed E-state index contributed by atoms with van der Waals surface area (Å²) < 4.78 is 5.79. The first-order valence-electron chi connectivity index (χ1n) is 10.2. The number of nitrogens with one attached hydrogen (secondary N) is 1. The van der Waals surface area contributed by atoms with Gasteiger partial charge in [0.05, 0.1) is 12.3 Å². The van der Waals surface area contributed by atoms with Crippen molar-refractivity contribution >= 4 is 28.8 Å². The van der Waals surface area contributed by atoms with Crippen molar-refractivity contribution in [2.24, 2.45) is 10.1 Å². The van der Waals surface area contributed by atoms with Crippen LogP contribution in [0.15, 0.2) is 76.8 Å². The van der Waals surface area contributed by atoms with Gasteiger partial charge in [0.15, 0.2) is 5.84 Å². The molecule has 4 nitrogen and oxygen atoms in total. The largest absolute Gasteiger partial charge is 0.494 e. The molecule has 0 bridgehead atoms. The van der Waals surface area contributed by atoms with E-state index in [0.29, 0.717) is 10.9 Å². The third-order valence-electron chi connectivity index (χ3n) is 4.94. The Kier molecular flexibility index (Phi) is 6.15. The SMILES string of the molecule is CCCCOc1ccc(C2=NNC(c3ccc(C)cc3)=Nc3ccc(Cl)cc32)cc1. The molecule has 0 aliphatic carbocycles. The second-order valence-corrected chi connectivity index (χ2v) is 7.72. The molecule has 1 N–H and O–H groups in total. The van der Waals surface area contributed by atoms with Crippen molar-refractivity contribution in [1.82, 2.24) is 5.43 Å².